The Bertz CT molecular complexity index is 261. The normalized spacial score (nSPS) is 9.45. The minimum absolute atomic E-state index is 0.385. The molecule has 1 heterocycles. The summed E-state index contributed by atoms with van der Waals surface area (Å²) in [6, 6.07) is 2.01. The highest BCUT2D eigenvalue weighted by Gasteiger charge is 1.95. The van der Waals surface area contributed by atoms with Crippen molar-refractivity contribution in [1.82, 2.24) is 10.3 Å². The molecule has 1 aromatic heterocycles. The molecule has 1 rings (SSSR count). The van der Waals surface area contributed by atoms with Crippen LogP contribution in [0.2, 0.25) is 0 Å². The smallest absolute Gasteiger partial charge is 0.0897 e. The highest BCUT2D eigenvalue weighted by atomic mass is 32.1. The van der Waals surface area contributed by atoms with Gasteiger partial charge in [0, 0.05) is 11.9 Å². The van der Waals surface area contributed by atoms with Gasteiger partial charge in [-0.3, -0.25) is 5.32 Å². The molecule has 11 heavy (non-hydrogen) atoms. The predicted octanol–water partition coefficient (Wildman–Crippen LogP) is 1.06. The van der Waals surface area contributed by atoms with Gasteiger partial charge in [0.15, 0.2) is 0 Å². The average Bonchev–Trinajstić information content (AvgIpc) is 2.37. The van der Waals surface area contributed by atoms with Crippen molar-refractivity contribution >= 4 is 11.3 Å². The van der Waals surface area contributed by atoms with Crippen LogP contribution in [0.4, 0.5) is 0 Å². The number of rotatable bonds is 3. The molecule has 1 aromatic rings. The van der Waals surface area contributed by atoms with Crippen molar-refractivity contribution in [3.8, 4) is 6.07 Å². The van der Waals surface area contributed by atoms with Crippen molar-refractivity contribution in [2.45, 2.75) is 13.5 Å². The first-order valence-electron chi connectivity index (χ1n) is 3.31. The summed E-state index contributed by atoms with van der Waals surface area (Å²) in [5.74, 6) is 0. The second-order valence-corrected chi connectivity index (χ2v) is 3.18. The van der Waals surface area contributed by atoms with Gasteiger partial charge >= 0.3 is 0 Å². The largest absolute Gasteiger partial charge is 0.299 e. The van der Waals surface area contributed by atoms with Gasteiger partial charge in [-0.15, -0.1) is 11.3 Å². The van der Waals surface area contributed by atoms with Gasteiger partial charge in [0.1, 0.15) is 0 Å². The lowest BCUT2D eigenvalue weighted by atomic mass is 10.5. The summed E-state index contributed by atoms with van der Waals surface area (Å²) in [7, 11) is 0. The van der Waals surface area contributed by atoms with E-state index in [-0.39, 0.29) is 0 Å². The molecule has 0 bridgehead atoms. The van der Waals surface area contributed by atoms with Crippen LogP contribution in [0, 0.1) is 18.3 Å². The topological polar surface area (TPSA) is 48.7 Å². The van der Waals surface area contributed by atoms with E-state index in [1.54, 1.807) is 11.3 Å². The number of thiazole rings is 1. The molecule has 0 radical (unpaired) electrons. The Balaban J connectivity index is 2.34. The van der Waals surface area contributed by atoms with Gasteiger partial charge in [0.2, 0.25) is 0 Å². The number of nitrogens with one attached hydrogen (secondary N) is 1. The lowest BCUT2D eigenvalue weighted by molar-refractivity contribution is 0.748. The molecule has 0 spiro atoms. The molecular formula is C7H9N3S. The average molecular weight is 167 g/mol. The van der Waals surface area contributed by atoms with Gasteiger partial charge in [-0.05, 0) is 6.92 Å². The highest BCUT2D eigenvalue weighted by molar-refractivity contribution is 7.09. The minimum Gasteiger partial charge on any atom is -0.299 e. The molecule has 0 atom stereocenters. The van der Waals surface area contributed by atoms with E-state index in [9.17, 15) is 0 Å². The molecule has 0 aliphatic carbocycles. The molecule has 1 N–H and O–H groups in total. The van der Waals surface area contributed by atoms with E-state index in [1.807, 2.05) is 18.4 Å². The van der Waals surface area contributed by atoms with Crippen molar-refractivity contribution < 1.29 is 0 Å². The van der Waals surface area contributed by atoms with E-state index in [0.717, 1.165) is 10.7 Å². The molecule has 0 saturated carbocycles. The van der Waals surface area contributed by atoms with Crippen LogP contribution in [-0.2, 0) is 6.54 Å². The quantitative estimate of drug-likeness (QED) is 0.541. The molecule has 0 amide bonds. The van der Waals surface area contributed by atoms with Gasteiger partial charge < -0.3 is 0 Å². The Morgan fingerprint density at radius 1 is 1.82 bits per heavy atom. The number of aromatic nitrogens is 1. The maximum Gasteiger partial charge on any atom is 0.0897 e. The van der Waals surface area contributed by atoms with Gasteiger partial charge in [-0.25, -0.2) is 4.98 Å². The summed E-state index contributed by atoms with van der Waals surface area (Å²) in [4.78, 5) is 4.23. The van der Waals surface area contributed by atoms with Gasteiger partial charge in [-0.1, -0.05) is 0 Å². The van der Waals surface area contributed by atoms with Crippen LogP contribution < -0.4 is 5.32 Å². The predicted molar refractivity (Wildman–Crippen MR) is 44.2 cm³/mol. The van der Waals surface area contributed by atoms with Crippen molar-refractivity contribution in [2.24, 2.45) is 0 Å². The minimum atomic E-state index is 0.385. The van der Waals surface area contributed by atoms with E-state index >= 15 is 0 Å². The third-order valence-corrected chi connectivity index (χ3v) is 2.00. The fourth-order valence-corrected chi connectivity index (χ4v) is 1.35. The first-order chi connectivity index (χ1) is 5.33. The zero-order valence-corrected chi connectivity index (χ0v) is 7.11. The van der Waals surface area contributed by atoms with Crippen LogP contribution in [0.25, 0.3) is 0 Å². The van der Waals surface area contributed by atoms with Gasteiger partial charge in [0.05, 0.1) is 23.3 Å². The molecular weight excluding hydrogens is 158 g/mol. The maximum absolute atomic E-state index is 8.22. The van der Waals surface area contributed by atoms with E-state index < -0.39 is 0 Å². The number of nitriles is 1. The van der Waals surface area contributed by atoms with E-state index in [0.29, 0.717) is 13.1 Å². The molecule has 58 valence electrons. The van der Waals surface area contributed by atoms with Crippen LogP contribution >= 0.6 is 11.3 Å². The fourth-order valence-electron chi connectivity index (χ4n) is 0.736. The Kier molecular flexibility index (Phi) is 3.02. The third kappa shape index (κ3) is 2.66. The van der Waals surface area contributed by atoms with E-state index in [4.69, 9.17) is 5.26 Å². The van der Waals surface area contributed by atoms with Crippen LogP contribution in [-0.4, -0.2) is 11.5 Å². The zero-order chi connectivity index (χ0) is 8.10. The molecule has 3 nitrogen and oxygen atoms in total. The van der Waals surface area contributed by atoms with Crippen LogP contribution in [0.5, 0.6) is 0 Å². The molecule has 0 saturated heterocycles. The van der Waals surface area contributed by atoms with Gasteiger partial charge in [0.25, 0.3) is 0 Å². The fraction of sp³-hybridized carbons (Fsp3) is 0.429. The van der Waals surface area contributed by atoms with E-state index in [1.165, 1.54) is 0 Å². The molecule has 4 heteroatoms. The Hall–Kier alpha value is -0.920. The zero-order valence-electron chi connectivity index (χ0n) is 6.29. The van der Waals surface area contributed by atoms with Crippen LogP contribution in [0.3, 0.4) is 0 Å². The number of aryl methyl sites for hydroxylation is 1. The van der Waals surface area contributed by atoms with Crippen LogP contribution in [0.15, 0.2) is 5.38 Å². The third-order valence-electron chi connectivity index (χ3n) is 1.18. The Morgan fingerprint density at radius 3 is 3.18 bits per heavy atom. The molecule has 0 aliphatic heterocycles. The monoisotopic (exact) mass is 167 g/mol. The van der Waals surface area contributed by atoms with Crippen molar-refractivity contribution in [3.05, 3.63) is 16.1 Å². The SMILES string of the molecule is Cc1nc(CNCC#N)cs1. The molecule has 0 aromatic carbocycles. The number of hydrogen-bond acceptors (Lipinski definition) is 4. The lowest BCUT2D eigenvalue weighted by Crippen LogP contribution is -2.13. The first-order valence-corrected chi connectivity index (χ1v) is 4.19. The second-order valence-electron chi connectivity index (χ2n) is 2.12. The molecule has 0 unspecified atom stereocenters. The summed E-state index contributed by atoms with van der Waals surface area (Å²) in [5, 5.41) is 14.2. The Morgan fingerprint density at radius 2 is 2.64 bits per heavy atom. The summed E-state index contributed by atoms with van der Waals surface area (Å²) >= 11 is 1.63. The standard InChI is InChI=1S/C7H9N3S/c1-6-10-7(5-11-6)4-9-3-2-8/h5,9H,3-4H2,1H3. The van der Waals surface area contributed by atoms with Crippen molar-refractivity contribution in [2.75, 3.05) is 6.54 Å². The highest BCUT2D eigenvalue weighted by Crippen LogP contribution is 2.06. The van der Waals surface area contributed by atoms with Crippen molar-refractivity contribution in [1.29, 1.82) is 5.26 Å². The molecule has 0 fully saturated rings. The summed E-state index contributed by atoms with van der Waals surface area (Å²) in [6.45, 7) is 3.05. The summed E-state index contributed by atoms with van der Waals surface area (Å²) in [6.07, 6.45) is 0. The first kappa shape index (κ1) is 8.18. The summed E-state index contributed by atoms with van der Waals surface area (Å²) in [5.41, 5.74) is 1.02. The maximum atomic E-state index is 8.22. The van der Waals surface area contributed by atoms with Crippen molar-refractivity contribution in [3.63, 3.8) is 0 Å². The number of nitrogens with zero attached hydrogens (tertiary/aromatic N) is 2. The number of hydrogen-bond donors (Lipinski definition) is 1. The Labute approximate surface area is 69.7 Å². The lowest BCUT2D eigenvalue weighted by Gasteiger charge is -1.93. The summed E-state index contributed by atoms with van der Waals surface area (Å²) < 4.78 is 0. The molecule has 0 aliphatic rings. The second kappa shape index (κ2) is 4.06. The van der Waals surface area contributed by atoms with Gasteiger partial charge in [-0.2, -0.15) is 5.26 Å². The van der Waals surface area contributed by atoms with Crippen LogP contribution in [0.1, 0.15) is 10.7 Å². The van der Waals surface area contributed by atoms with E-state index in [2.05, 4.69) is 10.3 Å².